The van der Waals surface area contributed by atoms with Crippen LogP contribution in [-0.4, -0.2) is 30.2 Å². The van der Waals surface area contributed by atoms with E-state index in [1.807, 2.05) is 18.2 Å². The lowest BCUT2D eigenvalue weighted by Crippen LogP contribution is -1.93. The number of halogens is 1. The Labute approximate surface area is 156 Å². The maximum atomic E-state index is 12.2. The second kappa shape index (κ2) is 7.89. The number of methoxy groups -OCH3 is 2. The van der Waals surface area contributed by atoms with Gasteiger partial charge in [-0.1, -0.05) is 0 Å². The summed E-state index contributed by atoms with van der Waals surface area (Å²) in [5, 5.41) is 7.90. The van der Waals surface area contributed by atoms with Crippen LogP contribution in [0.2, 0.25) is 5.02 Å². The smallest absolute Gasteiger partial charge is 0.225 e. The first-order valence-electron chi connectivity index (χ1n) is 7.87. The molecule has 0 aliphatic heterocycles. The molecule has 0 fully saturated rings. The SMILES string of the molecule is COc1cc(OC)cc(-c2cc(/C=C/C(=O)c3ccc([ClH+])cc3)[nH]n2)c1. The zero-order valence-electron chi connectivity index (χ0n) is 14.4. The summed E-state index contributed by atoms with van der Waals surface area (Å²) >= 11 is 5.02. The first-order valence-corrected chi connectivity index (χ1v) is 8.28. The maximum Gasteiger partial charge on any atom is 0.225 e. The van der Waals surface area contributed by atoms with Crippen molar-refractivity contribution in [3.8, 4) is 22.8 Å². The molecule has 6 heteroatoms. The van der Waals surface area contributed by atoms with Crippen molar-refractivity contribution in [2.24, 2.45) is 0 Å². The quantitative estimate of drug-likeness (QED) is 0.531. The van der Waals surface area contributed by atoms with E-state index in [1.54, 1.807) is 50.6 Å². The molecule has 0 saturated heterocycles. The first-order chi connectivity index (χ1) is 12.6. The summed E-state index contributed by atoms with van der Waals surface area (Å²) in [5.41, 5.74) is 2.89. The average Bonchev–Trinajstić information content (AvgIpc) is 3.15. The Bertz CT molecular complexity index is 924. The summed E-state index contributed by atoms with van der Waals surface area (Å²) < 4.78 is 10.6. The van der Waals surface area contributed by atoms with Crippen molar-refractivity contribution in [3.63, 3.8) is 0 Å². The number of nitrogens with zero attached hydrogens (tertiary/aromatic N) is 1. The van der Waals surface area contributed by atoms with Crippen LogP contribution in [0.1, 0.15) is 16.1 Å². The number of H-pyrrole nitrogens is 1. The molecule has 0 aliphatic rings. The molecule has 3 rings (SSSR count). The van der Waals surface area contributed by atoms with Crippen LogP contribution in [-0.2, 0) is 0 Å². The number of rotatable bonds is 6. The van der Waals surface area contributed by atoms with Gasteiger partial charge in [-0.3, -0.25) is 9.89 Å². The number of ether oxygens (including phenoxy) is 2. The fourth-order valence-corrected chi connectivity index (χ4v) is 2.54. The van der Waals surface area contributed by atoms with Crippen LogP contribution in [0, 0.1) is 11.6 Å². The van der Waals surface area contributed by atoms with E-state index in [1.165, 1.54) is 6.08 Å². The van der Waals surface area contributed by atoms with Gasteiger partial charge in [-0.2, -0.15) is 5.10 Å². The number of carbonyl (C=O) groups excluding carboxylic acids is 1. The van der Waals surface area contributed by atoms with Crippen LogP contribution in [0.3, 0.4) is 0 Å². The second-order valence-electron chi connectivity index (χ2n) is 5.53. The van der Waals surface area contributed by atoms with E-state index in [-0.39, 0.29) is 5.78 Å². The molecule has 0 radical (unpaired) electrons. The van der Waals surface area contributed by atoms with Crippen molar-refractivity contribution in [2.75, 3.05) is 14.2 Å². The number of nitrogens with one attached hydrogen (secondary N) is 1. The van der Waals surface area contributed by atoms with Crippen molar-refractivity contribution in [1.29, 1.82) is 0 Å². The van der Waals surface area contributed by atoms with Crippen molar-refractivity contribution in [3.05, 3.63) is 70.9 Å². The molecule has 0 saturated carbocycles. The number of hydrogen-bond donors (Lipinski definition) is 1. The molecule has 0 amide bonds. The van der Waals surface area contributed by atoms with E-state index in [2.05, 4.69) is 10.2 Å². The van der Waals surface area contributed by atoms with Gasteiger partial charge in [0.2, 0.25) is 5.02 Å². The third kappa shape index (κ3) is 4.13. The number of carbonyl (C=O) groups is 1. The third-order valence-electron chi connectivity index (χ3n) is 3.80. The van der Waals surface area contributed by atoms with E-state index < -0.39 is 0 Å². The molecule has 1 heterocycles. The number of hydrogen-bond acceptors (Lipinski definition) is 4. The summed E-state index contributed by atoms with van der Waals surface area (Å²) in [7, 11) is 3.20. The van der Waals surface area contributed by atoms with Gasteiger partial charge in [0.25, 0.3) is 0 Å². The van der Waals surface area contributed by atoms with Gasteiger partial charge in [0.15, 0.2) is 17.4 Å². The minimum absolute atomic E-state index is 0.0980. The molecular weight excluding hydrogens is 352 g/mol. The standard InChI is InChI=1S/C20H17ClN2O3/c1-25-17-9-14(10-18(12-17)26-2)19-11-16(22-23-19)7-8-20(24)13-3-5-15(21)6-4-13/h3-12,21H,1-2H3/p+1. The van der Waals surface area contributed by atoms with Crippen molar-refractivity contribution >= 4 is 11.9 Å². The topological polar surface area (TPSA) is 64.2 Å². The summed E-state index contributed by atoms with van der Waals surface area (Å²) in [6.45, 7) is 0. The number of aromatic amines is 1. The number of ketones is 1. The van der Waals surface area contributed by atoms with Gasteiger partial charge in [-0.15, -0.1) is 0 Å². The maximum absolute atomic E-state index is 12.2. The summed E-state index contributed by atoms with van der Waals surface area (Å²) in [5.74, 6) is 1.26. The Morgan fingerprint density at radius 1 is 1.04 bits per heavy atom. The molecule has 2 aromatic carbocycles. The van der Waals surface area contributed by atoms with E-state index in [9.17, 15) is 4.79 Å². The van der Waals surface area contributed by atoms with Crippen molar-refractivity contribution in [2.45, 2.75) is 0 Å². The molecule has 0 atom stereocenters. The van der Waals surface area contributed by atoms with Gasteiger partial charge >= 0.3 is 0 Å². The second-order valence-corrected chi connectivity index (χ2v) is 6.00. The van der Waals surface area contributed by atoms with Gasteiger partial charge in [0.1, 0.15) is 11.5 Å². The molecule has 1 N–H and O–H groups in total. The largest absolute Gasteiger partial charge is 0.497 e. The van der Waals surface area contributed by atoms with Gasteiger partial charge < -0.3 is 9.47 Å². The summed E-state index contributed by atoms with van der Waals surface area (Å²) in [6, 6.07) is 14.3. The molecule has 3 aromatic rings. The van der Waals surface area contributed by atoms with Gasteiger partial charge in [0.05, 0.1) is 25.6 Å². The monoisotopic (exact) mass is 369 g/mol. The van der Waals surface area contributed by atoms with Gasteiger partial charge in [0, 0.05) is 29.3 Å². The van der Waals surface area contributed by atoms with E-state index in [0.29, 0.717) is 22.1 Å². The molecule has 1 aromatic heterocycles. The molecule has 5 nitrogen and oxygen atoms in total. The minimum atomic E-state index is -0.0980. The lowest BCUT2D eigenvalue weighted by Gasteiger charge is -2.06. The zero-order valence-corrected chi connectivity index (χ0v) is 15.2. The fraction of sp³-hybridized carbons (Fsp3) is 0.100. The highest BCUT2D eigenvalue weighted by atomic mass is 35.5. The lowest BCUT2D eigenvalue weighted by atomic mass is 10.1. The lowest BCUT2D eigenvalue weighted by molar-refractivity contribution is -0.288. The number of aromatic nitrogens is 2. The van der Waals surface area contributed by atoms with Crippen LogP contribution < -0.4 is 9.47 Å². The molecular formula is C20H18ClN2O3+. The summed E-state index contributed by atoms with van der Waals surface area (Å²) in [4.78, 5) is 12.2. The Kier molecular flexibility index (Phi) is 5.39. The van der Waals surface area contributed by atoms with E-state index in [0.717, 1.165) is 17.0 Å². The number of allylic oxidation sites excluding steroid dienone is 1. The highest BCUT2D eigenvalue weighted by Gasteiger charge is 2.08. The molecule has 26 heavy (non-hydrogen) atoms. The molecule has 0 spiro atoms. The zero-order chi connectivity index (χ0) is 18.5. The van der Waals surface area contributed by atoms with E-state index >= 15 is 0 Å². The van der Waals surface area contributed by atoms with Crippen molar-refractivity contribution < 1.29 is 25.9 Å². The Morgan fingerprint density at radius 3 is 2.31 bits per heavy atom. The van der Waals surface area contributed by atoms with Crippen LogP contribution in [0.15, 0.2) is 54.6 Å². The van der Waals surface area contributed by atoms with Crippen LogP contribution in [0.5, 0.6) is 11.5 Å². The predicted octanol–water partition coefficient (Wildman–Crippen LogP) is 3.69. The highest BCUT2D eigenvalue weighted by Crippen LogP contribution is 2.29. The third-order valence-corrected chi connectivity index (χ3v) is 4.07. The summed E-state index contributed by atoms with van der Waals surface area (Å²) in [6.07, 6.45) is 3.19. The molecule has 0 aliphatic carbocycles. The Balaban J connectivity index is 1.79. The minimum Gasteiger partial charge on any atom is -0.497 e. The first kappa shape index (κ1) is 17.8. The van der Waals surface area contributed by atoms with Crippen molar-refractivity contribution in [1.82, 2.24) is 10.2 Å². The van der Waals surface area contributed by atoms with E-state index in [4.69, 9.17) is 21.1 Å². The van der Waals surface area contributed by atoms with Gasteiger partial charge in [-0.25, -0.2) is 0 Å². The molecule has 0 unspecified atom stereocenters. The molecule has 132 valence electrons. The Morgan fingerprint density at radius 2 is 1.69 bits per heavy atom. The average molecular weight is 370 g/mol. The fourth-order valence-electron chi connectivity index (χ4n) is 2.41. The number of benzene rings is 2. The molecule has 0 bridgehead atoms. The van der Waals surface area contributed by atoms with Crippen LogP contribution in [0.25, 0.3) is 17.3 Å². The van der Waals surface area contributed by atoms with Crippen LogP contribution in [0.4, 0.5) is 0 Å². The van der Waals surface area contributed by atoms with Crippen LogP contribution >= 0.6 is 0 Å². The normalized spacial score (nSPS) is 10.9. The highest BCUT2D eigenvalue weighted by molar-refractivity contribution is 6.06. The van der Waals surface area contributed by atoms with Gasteiger partial charge in [-0.05, 0) is 42.5 Å². The Hall–Kier alpha value is -3.05. The predicted molar refractivity (Wildman–Crippen MR) is 97.5 cm³/mol.